The van der Waals surface area contributed by atoms with Crippen molar-refractivity contribution in [2.45, 2.75) is 41.2 Å². The lowest BCUT2D eigenvalue weighted by molar-refractivity contribution is -0.111. The number of nitrogens with one attached hydrogen (secondary N) is 1. The Hall–Kier alpha value is -2.07. The molecule has 2 aromatic rings. The summed E-state index contributed by atoms with van der Waals surface area (Å²) in [5.41, 5.74) is 4.62. The maximum atomic E-state index is 12.2. The Labute approximate surface area is 148 Å². The van der Waals surface area contributed by atoms with E-state index in [4.69, 9.17) is 11.6 Å². The van der Waals surface area contributed by atoms with Crippen LogP contribution in [0.1, 0.15) is 36.2 Å². The second-order valence-electron chi connectivity index (χ2n) is 6.51. The lowest BCUT2D eigenvalue weighted by atomic mass is 10.1. The highest BCUT2D eigenvalue weighted by molar-refractivity contribution is 6.31. The summed E-state index contributed by atoms with van der Waals surface area (Å²) >= 11 is 6.38. The van der Waals surface area contributed by atoms with Gasteiger partial charge in [-0.3, -0.25) is 9.48 Å². The predicted octanol–water partition coefficient (Wildman–Crippen LogP) is 4.77. The molecule has 0 aliphatic heterocycles. The van der Waals surface area contributed by atoms with E-state index in [-0.39, 0.29) is 5.91 Å². The minimum Gasteiger partial charge on any atom is -0.322 e. The number of carbonyl (C=O) groups excluding carboxylic acids is 1. The van der Waals surface area contributed by atoms with Gasteiger partial charge in [0.15, 0.2) is 0 Å². The molecular formula is C19H24ClN3O. The van der Waals surface area contributed by atoms with E-state index in [0.29, 0.717) is 11.1 Å². The van der Waals surface area contributed by atoms with E-state index in [9.17, 15) is 4.79 Å². The van der Waals surface area contributed by atoms with E-state index < -0.39 is 0 Å². The quantitative estimate of drug-likeness (QED) is 0.793. The Kier molecular flexibility index (Phi) is 5.84. The molecule has 5 heteroatoms. The number of carbonyl (C=O) groups is 1. The first-order chi connectivity index (χ1) is 11.3. The molecule has 0 saturated carbocycles. The van der Waals surface area contributed by atoms with Crippen LogP contribution in [0.25, 0.3) is 6.08 Å². The fourth-order valence-electron chi connectivity index (χ4n) is 2.51. The van der Waals surface area contributed by atoms with E-state index in [1.54, 1.807) is 10.8 Å². The van der Waals surface area contributed by atoms with Gasteiger partial charge in [0.1, 0.15) is 5.15 Å². The van der Waals surface area contributed by atoms with Gasteiger partial charge in [-0.05, 0) is 44.4 Å². The van der Waals surface area contributed by atoms with Gasteiger partial charge in [0.2, 0.25) is 5.91 Å². The van der Waals surface area contributed by atoms with Crippen molar-refractivity contribution in [3.8, 4) is 0 Å². The minimum atomic E-state index is -0.186. The first-order valence-corrected chi connectivity index (χ1v) is 8.45. The molecule has 128 valence electrons. The third kappa shape index (κ3) is 4.48. The van der Waals surface area contributed by atoms with Gasteiger partial charge in [-0.1, -0.05) is 43.1 Å². The molecule has 0 bridgehead atoms. The van der Waals surface area contributed by atoms with Gasteiger partial charge >= 0.3 is 0 Å². The summed E-state index contributed by atoms with van der Waals surface area (Å²) < 4.78 is 1.78. The van der Waals surface area contributed by atoms with Crippen molar-refractivity contribution < 1.29 is 4.79 Å². The van der Waals surface area contributed by atoms with Gasteiger partial charge in [-0.15, -0.1) is 0 Å². The molecule has 2 rings (SSSR count). The summed E-state index contributed by atoms with van der Waals surface area (Å²) in [5, 5.41) is 7.89. The Balaban J connectivity index is 2.13. The van der Waals surface area contributed by atoms with Gasteiger partial charge in [0.05, 0.1) is 5.69 Å². The Bertz CT molecular complexity index is 775. The lowest BCUT2D eigenvalue weighted by Crippen LogP contribution is -2.09. The largest absolute Gasteiger partial charge is 0.322 e. The summed E-state index contributed by atoms with van der Waals surface area (Å²) in [4.78, 5) is 12.2. The monoisotopic (exact) mass is 345 g/mol. The number of amides is 1. The molecule has 0 radical (unpaired) electrons. The van der Waals surface area contributed by atoms with Crippen molar-refractivity contribution in [1.82, 2.24) is 9.78 Å². The highest BCUT2D eigenvalue weighted by atomic mass is 35.5. The van der Waals surface area contributed by atoms with Crippen molar-refractivity contribution in [2.24, 2.45) is 5.92 Å². The number of nitrogens with zero attached hydrogens (tertiary/aromatic N) is 2. The molecule has 0 aliphatic carbocycles. The molecule has 24 heavy (non-hydrogen) atoms. The highest BCUT2D eigenvalue weighted by Gasteiger charge is 2.12. The Morgan fingerprint density at radius 2 is 2.04 bits per heavy atom. The van der Waals surface area contributed by atoms with Gasteiger partial charge in [0, 0.05) is 23.9 Å². The fourth-order valence-corrected chi connectivity index (χ4v) is 2.82. The zero-order valence-corrected chi connectivity index (χ0v) is 15.6. The standard InChI is InChI=1S/C19H24ClN3O/c1-12(2)11-23-19(20)16(15(5)22-23)7-9-18(24)21-17-8-6-13(3)10-14(17)4/h6-10,12H,11H2,1-5H3,(H,21,24)/b9-7+. The van der Waals surface area contributed by atoms with Crippen LogP contribution in [0.2, 0.25) is 5.15 Å². The molecule has 4 nitrogen and oxygen atoms in total. The van der Waals surface area contributed by atoms with Crippen LogP contribution in [-0.4, -0.2) is 15.7 Å². The zero-order chi connectivity index (χ0) is 17.9. The number of aromatic nitrogens is 2. The van der Waals surface area contributed by atoms with Crippen molar-refractivity contribution >= 4 is 29.3 Å². The molecule has 1 N–H and O–H groups in total. The minimum absolute atomic E-state index is 0.186. The highest BCUT2D eigenvalue weighted by Crippen LogP contribution is 2.22. The normalized spacial score (nSPS) is 11.5. The number of anilines is 1. The second-order valence-corrected chi connectivity index (χ2v) is 6.86. The average molecular weight is 346 g/mol. The van der Waals surface area contributed by atoms with Gasteiger partial charge in [-0.25, -0.2) is 0 Å². The molecular weight excluding hydrogens is 322 g/mol. The van der Waals surface area contributed by atoms with E-state index in [0.717, 1.165) is 29.1 Å². The van der Waals surface area contributed by atoms with E-state index in [1.165, 1.54) is 11.6 Å². The van der Waals surface area contributed by atoms with Crippen LogP contribution in [0.4, 0.5) is 5.69 Å². The van der Waals surface area contributed by atoms with Crippen LogP contribution in [0.15, 0.2) is 24.3 Å². The fraction of sp³-hybridized carbons (Fsp3) is 0.368. The van der Waals surface area contributed by atoms with Crippen molar-refractivity contribution in [2.75, 3.05) is 5.32 Å². The van der Waals surface area contributed by atoms with Crippen LogP contribution < -0.4 is 5.32 Å². The second kappa shape index (κ2) is 7.67. The number of rotatable bonds is 5. The van der Waals surface area contributed by atoms with Crippen molar-refractivity contribution in [1.29, 1.82) is 0 Å². The smallest absolute Gasteiger partial charge is 0.248 e. The maximum absolute atomic E-state index is 12.2. The summed E-state index contributed by atoms with van der Waals surface area (Å²) in [6.45, 7) is 10.9. The Morgan fingerprint density at radius 1 is 1.33 bits per heavy atom. The molecule has 1 aromatic carbocycles. The molecule has 1 aromatic heterocycles. The number of aryl methyl sites for hydroxylation is 3. The third-order valence-electron chi connectivity index (χ3n) is 3.69. The summed E-state index contributed by atoms with van der Waals surface area (Å²) in [7, 11) is 0. The predicted molar refractivity (Wildman–Crippen MR) is 100 cm³/mol. The van der Waals surface area contributed by atoms with Crippen molar-refractivity contribution in [3.05, 3.63) is 51.8 Å². The molecule has 0 spiro atoms. The topological polar surface area (TPSA) is 46.9 Å². The SMILES string of the molecule is Cc1ccc(NC(=O)/C=C/c2c(C)nn(CC(C)C)c2Cl)c(C)c1. The summed E-state index contributed by atoms with van der Waals surface area (Å²) in [5.74, 6) is 0.264. The molecule has 0 atom stereocenters. The van der Waals surface area contributed by atoms with E-state index in [2.05, 4.69) is 24.3 Å². The van der Waals surface area contributed by atoms with Crippen LogP contribution >= 0.6 is 11.6 Å². The van der Waals surface area contributed by atoms with E-state index in [1.807, 2.05) is 39.0 Å². The van der Waals surface area contributed by atoms with Crippen LogP contribution in [0.5, 0.6) is 0 Å². The zero-order valence-electron chi connectivity index (χ0n) is 14.9. The number of hydrogen-bond acceptors (Lipinski definition) is 2. The number of halogens is 1. The number of hydrogen-bond donors (Lipinski definition) is 1. The molecule has 1 amide bonds. The first-order valence-electron chi connectivity index (χ1n) is 8.07. The van der Waals surface area contributed by atoms with Gasteiger partial charge in [0.25, 0.3) is 0 Å². The van der Waals surface area contributed by atoms with Gasteiger partial charge in [-0.2, -0.15) is 5.10 Å². The Morgan fingerprint density at radius 3 is 2.67 bits per heavy atom. The van der Waals surface area contributed by atoms with Crippen LogP contribution in [0.3, 0.4) is 0 Å². The van der Waals surface area contributed by atoms with Gasteiger partial charge < -0.3 is 5.32 Å². The molecule has 0 fully saturated rings. The molecule has 0 saturated heterocycles. The van der Waals surface area contributed by atoms with Crippen LogP contribution in [0, 0.1) is 26.7 Å². The molecule has 0 unspecified atom stereocenters. The number of benzene rings is 1. The van der Waals surface area contributed by atoms with Crippen molar-refractivity contribution in [3.63, 3.8) is 0 Å². The molecule has 0 aliphatic rings. The average Bonchev–Trinajstić information content (AvgIpc) is 2.74. The third-order valence-corrected chi connectivity index (χ3v) is 4.09. The summed E-state index contributed by atoms with van der Waals surface area (Å²) in [6.07, 6.45) is 3.22. The van der Waals surface area contributed by atoms with E-state index >= 15 is 0 Å². The molecule has 1 heterocycles. The maximum Gasteiger partial charge on any atom is 0.248 e. The first kappa shape index (κ1) is 18.3. The lowest BCUT2D eigenvalue weighted by Gasteiger charge is -2.07. The van der Waals surface area contributed by atoms with Crippen LogP contribution in [-0.2, 0) is 11.3 Å². The summed E-state index contributed by atoms with van der Waals surface area (Å²) in [6, 6.07) is 5.93.